The summed E-state index contributed by atoms with van der Waals surface area (Å²) in [5, 5.41) is 0. The summed E-state index contributed by atoms with van der Waals surface area (Å²) in [6.07, 6.45) is 5.37. The molecule has 1 nitrogen and oxygen atoms in total. The average molecular weight is 210 g/mol. The fraction of sp³-hybridized carbons (Fsp3) is 0.786. The molecular formula is C14H26O. The second-order valence-electron chi connectivity index (χ2n) is 5.11. The van der Waals surface area contributed by atoms with Crippen LogP contribution in [-0.4, -0.2) is 5.78 Å². The molecule has 0 aliphatic carbocycles. The molecule has 0 saturated heterocycles. The van der Waals surface area contributed by atoms with E-state index in [0.717, 1.165) is 19.3 Å². The Labute approximate surface area is 95.0 Å². The zero-order valence-electron chi connectivity index (χ0n) is 10.8. The third kappa shape index (κ3) is 8.41. The summed E-state index contributed by atoms with van der Waals surface area (Å²) in [7, 11) is 0. The van der Waals surface area contributed by atoms with Crippen LogP contribution in [0.1, 0.15) is 59.8 Å². The minimum Gasteiger partial charge on any atom is -0.299 e. The number of rotatable bonds is 8. The van der Waals surface area contributed by atoms with Gasteiger partial charge >= 0.3 is 0 Å². The van der Waals surface area contributed by atoms with Gasteiger partial charge in [0.25, 0.3) is 0 Å². The molecule has 0 amide bonds. The molecule has 0 spiro atoms. The van der Waals surface area contributed by atoms with E-state index < -0.39 is 0 Å². The Morgan fingerprint density at radius 2 is 1.73 bits per heavy atom. The first-order valence-corrected chi connectivity index (χ1v) is 6.10. The van der Waals surface area contributed by atoms with Crippen LogP contribution in [0.3, 0.4) is 0 Å². The Morgan fingerprint density at radius 3 is 2.20 bits per heavy atom. The van der Waals surface area contributed by atoms with Crippen molar-refractivity contribution in [2.24, 2.45) is 11.8 Å². The van der Waals surface area contributed by atoms with Crippen molar-refractivity contribution in [3.63, 3.8) is 0 Å². The summed E-state index contributed by atoms with van der Waals surface area (Å²) in [6, 6.07) is 0. The van der Waals surface area contributed by atoms with E-state index in [4.69, 9.17) is 0 Å². The van der Waals surface area contributed by atoms with Gasteiger partial charge in [0.05, 0.1) is 0 Å². The molecule has 88 valence electrons. The molecule has 15 heavy (non-hydrogen) atoms. The maximum absolute atomic E-state index is 11.4. The zero-order chi connectivity index (χ0) is 11.8. The number of allylic oxidation sites excluding steroid dienone is 1. The van der Waals surface area contributed by atoms with E-state index in [0.29, 0.717) is 11.7 Å². The predicted molar refractivity (Wildman–Crippen MR) is 66.9 cm³/mol. The first-order valence-electron chi connectivity index (χ1n) is 6.10. The average Bonchev–Trinajstić information content (AvgIpc) is 2.13. The van der Waals surface area contributed by atoms with Gasteiger partial charge in [-0.05, 0) is 32.1 Å². The molecule has 0 bridgehead atoms. The highest BCUT2D eigenvalue weighted by atomic mass is 16.1. The minimum atomic E-state index is 0.201. The molecule has 0 N–H and O–H groups in total. The molecule has 0 saturated carbocycles. The maximum atomic E-state index is 11.4. The molecule has 0 fully saturated rings. The minimum absolute atomic E-state index is 0.201. The molecule has 0 aromatic carbocycles. The SMILES string of the molecule is C=C(C)CCCC(C)CCC(=O)C(C)C. The van der Waals surface area contributed by atoms with Gasteiger partial charge in [0.15, 0.2) is 0 Å². The zero-order valence-corrected chi connectivity index (χ0v) is 10.8. The summed E-state index contributed by atoms with van der Waals surface area (Å²) in [5.74, 6) is 1.28. The fourth-order valence-corrected chi connectivity index (χ4v) is 1.57. The highest BCUT2D eigenvalue weighted by Gasteiger charge is 2.09. The van der Waals surface area contributed by atoms with Crippen LogP contribution >= 0.6 is 0 Å². The Bertz CT molecular complexity index is 203. The second kappa shape index (κ2) is 7.67. The van der Waals surface area contributed by atoms with Gasteiger partial charge in [-0.15, -0.1) is 6.58 Å². The van der Waals surface area contributed by atoms with Crippen LogP contribution in [0, 0.1) is 11.8 Å². The monoisotopic (exact) mass is 210 g/mol. The Balaban J connectivity index is 3.53. The lowest BCUT2D eigenvalue weighted by atomic mass is 9.94. The second-order valence-corrected chi connectivity index (χ2v) is 5.11. The fourth-order valence-electron chi connectivity index (χ4n) is 1.57. The van der Waals surface area contributed by atoms with E-state index >= 15 is 0 Å². The molecule has 0 aliphatic heterocycles. The van der Waals surface area contributed by atoms with Crippen LogP contribution in [0.2, 0.25) is 0 Å². The van der Waals surface area contributed by atoms with Gasteiger partial charge in [-0.2, -0.15) is 0 Å². The summed E-state index contributed by atoms with van der Waals surface area (Å²) < 4.78 is 0. The third-order valence-corrected chi connectivity index (χ3v) is 2.83. The van der Waals surface area contributed by atoms with Crippen molar-refractivity contribution in [3.8, 4) is 0 Å². The van der Waals surface area contributed by atoms with Gasteiger partial charge in [0.1, 0.15) is 5.78 Å². The Kier molecular flexibility index (Phi) is 7.37. The first-order chi connectivity index (χ1) is 6.93. The van der Waals surface area contributed by atoms with Crippen molar-refractivity contribution >= 4 is 5.78 Å². The molecule has 1 heteroatoms. The van der Waals surface area contributed by atoms with E-state index in [-0.39, 0.29) is 5.92 Å². The van der Waals surface area contributed by atoms with E-state index in [1.807, 2.05) is 13.8 Å². The van der Waals surface area contributed by atoms with E-state index in [1.165, 1.54) is 18.4 Å². The molecule has 1 unspecified atom stereocenters. The highest BCUT2D eigenvalue weighted by Crippen LogP contribution is 2.17. The van der Waals surface area contributed by atoms with Gasteiger partial charge < -0.3 is 0 Å². The number of Topliss-reactive ketones (excluding diaryl/α,β-unsaturated/α-hetero) is 1. The van der Waals surface area contributed by atoms with Crippen LogP contribution in [-0.2, 0) is 4.79 Å². The van der Waals surface area contributed by atoms with Gasteiger partial charge in [-0.3, -0.25) is 4.79 Å². The predicted octanol–water partition coefficient (Wildman–Crippen LogP) is 4.37. The van der Waals surface area contributed by atoms with E-state index in [1.54, 1.807) is 0 Å². The lowest BCUT2D eigenvalue weighted by molar-refractivity contribution is -0.122. The van der Waals surface area contributed by atoms with Crippen molar-refractivity contribution in [2.75, 3.05) is 0 Å². The lowest BCUT2D eigenvalue weighted by Crippen LogP contribution is -2.08. The topological polar surface area (TPSA) is 17.1 Å². The van der Waals surface area contributed by atoms with Crippen molar-refractivity contribution in [3.05, 3.63) is 12.2 Å². The molecule has 0 heterocycles. The summed E-state index contributed by atoms with van der Waals surface area (Å²) in [5.41, 5.74) is 1.26. The standard InChI is InChI=1S/C14H26O/c1-11(2)7-6-8-13(5)9-10-14(15)12(3)4/h12-13H,1,6-10H2,2-5H3. The van der Waals surface area contributed by atoms with Crippen molar-refractivity contribution in [2.45, 2.75) is 59.8 Å². The molecule has 0 aliphatic rings. The molecule has 0 aromatic heterocycles. The van der Waals surface area contributed by atoms with E-state index in [9.17, 15) is 4.79 Å². The third-order valence-electron chi connectivity index (χ3n) is 2.83. The largest absolute Gasteiger partial charge is 0.299 e. The smallest absolute Gasteiger partial charge is 0.135 e. The van der Waals surface area contributed by atoms with Gasteiger partial charge in [-0.1, -0.05) is 32.8 Å². The number of hydrogen-bond acceptors (Lipinski definition) is 1. The number of ketones is 1. The number of carbonyl (C=O) groups excluding carboxylic acids is 1. The van der Waals surface area contributed by atoms with Gasteiger partial charge in [0.2, 0.25) is 0 Å². The lowest BCUT2D eigenvalue weighted by Gasteiger charge is -2.11. The van der Waals surface area contributed by atoms with Crippen LogP contribution in [0.15, 0.2) is 12.2 Å². The van der Waals surface area contributed by atoms with Gasteiger partial charge in [-0.25, -0.2) is 0 Å². The summed E-state index contributed by atoms with van der Waals surface area (Å²) in [6.45, 7) is 12.2. The molecule has 0 rings (SSSR count). The van der Waals surface area contributed by atoms with Crippen LogP contribution < -0.4 is 0 Å². The Morgan fingerprint density at radius 1 is 1.13 bits per heavy atom. The van der Waals surface area contributed by atoms with Crippen LogP contribution in [0.4, 0.5) is 0 Å². The summed E-state index contributed by atoms with van der Waals surface area (Å²) >= 11 is 0. The first kappa shape index (κ1) is 14.4. The van der Waals surface area contributed by atoms with Crippen molar-refractivity contribution in [1.29, 1.82) is 0 Å². The van der Waals surface area contributed by atoms with E-state index in [2.05, 4.69) is 20.4 Å². The number of carbonyl (C=O) groups is 1. The van der Waals surface area contributed by atoms with Crippen LogP contribution in [0.5, 0.6) is 0 Å². The number of hydrogen-bond donors (Lipinski definition) is 0. The highest BCUT2D eigenvalue weighted by molar-refractivity contribution is 5.80. The van der Waals surface area contributed by atoms with Crippen molar-refractivity contribution in [1.82, 2.24) is 0 Å². The normalized spacial score (nSPS) is 12.9. The maximum Gasteiger partial charge on any atom is 0.135 e. The van der Waals surface area contributed by atoms with Gasteiger partial charge in [0, 0.05) is 12.3 Å². The van der Waals surface area contributed by atoms with Crippen LogP contribution in [0.25, 0.3) is 0 Å². The molecule has 0 radical (unpaired) electrons. The quantitative estimate of drug-likeness (QED) is 0.543. The summed E-state index contributed by atoms with van der Waals surface area (Å²) in [4.78, 5) is 11.4. The molecular weight excluding hydrogens is 184 g/mol. The Hall–Kier alpha value is -0.590. The van der Waals surface area contributed by atoms with Crippen molar-refractivity contribution < 1.29 is 4.79 Å². The molecule has 1 atom stereocenters. The molecule has 0 aromatic rings.